The van der Waals surface area contributed by atoms with Gasteiger partial charge in [-0.25, -0.2) is 4.98 Å². The minimum atomic E-state index is 0.0883. The summed E-state index contributed by atoms with van der Waals surface area (Å²) in [7, 11) is 0. The van der Waals surface area contributed by atoms with Gasteiger partial charge in [0.15, 0.2) is 0 Å². The fourth-order valence-corrected chi connectivity index (χ4v) is 3.32. The van der Waals surface area contributed by atoms with Gasteiger partial charge < -0.3 is 9.64 Å². The van der Waals surface area contributed by atoms with Crippen molar-refractivity contribution in [2.24, 2.45) is 0 Å². The normalized spacial score (nSPS) is 12.0. The van der Waals surface area contributed by atoms with Crippen LogP contribution in [-0.4, -0.2) is 21.8 Å². The zero-order chi connectivity index (χ0) is 17.7. The highest BCUT2D eigenvalue weighted by molar-refractivity contribution is 7.09. The number of benzene rings is 1. The van der Waals surface area contributed by atoms with E-state index in [9.17, 15) is 4.79 Å². The first-order valence-corrected chi connectivity index (χ1v) is 9.18. The van der Waals surface area contributed by atoms with Crippen LogP contribution in [0.15, 0.2) is 23.6 Å². The summed E-state index contributed by atoms with van der Waals surface area (Å²) in [5.41, 5.74) is 3.31. The summed E-state index contributed by atoms with van der Waals surface area (Å²) < 4.78 is 5.86. The molecule has 5 heteroatoms. The molecule has 0 aliphatic heterocycles. The molecular weight excluding hydrogens is 320 g/mol. The quantitative estimate of drug-likeness (QED) is 0.742. The fraction of sp³-hybridized carbons (Fsp3) is 0.474. The van der Waals surface area contributed by atoms with Crippen LogP contribution >= 0.6 is 11.3 Å². The second-order valence-electron chi connectivity index (χ2n) is 6.25. The van der Waals surface area contributed by atoms with Gasteiger partial charge in [0.05, 0.1) is 12.2 Å². The van der Waals surface area contributed by atoms with Crippen molar-refractivity contribution in [3.8, 4) is 5.75 Å². The summed E-state index contributed by atoms with van der Waals surface area (Å²) >= 11 is 1.58. The maximum absolute atomic E-state index is 11.8. The minimum Gasteiger partial charge on any atom is -0.486 e. The Morgan fingerprint density at radius 3 is 2.54 bits per heavy atom. The van der Waals surface area contributed by atoms with Gasteiger partial charge in [0.2, 0.25) is 5.91 Å². The van der Waals surface area contributed by atoms with E-state index in [1.165, 1.54) is 11.1 Å². The molecule has 4 nitrogen and oxygen atoms in total. The monoisotopic (exact) mass is 346 g/mol. The van der Waals surface area contributed by atoms with E-state index in [0.29, 0.717) is 13.2 Å². The van der Waals surface area contributed by atoms with E-state index < -0.39 is 0 Å². The number of rotatable bonds is 7. The number of hydrogen-bond acceptors (Lipinski definition) is 4. The molecule has 0 aliphatic rings. The third-order valence-electron chi connectivity index (χ3n) is 4.02. The van der Waals surface area contributed by atoms with Crippen LogP contribution in [0.2, 0.25) is 0 Å². The van der Waals surface area contributed by atoms with E-state index in [1.54, 1.807) is 18.3 Å². The Labute approximate surface area is 148 Å². The molecule has 24 heavy (non-hydrogen) atoms. The van der Waals surface area contributed by atoms with Gasteiger partial charge in [-0.15, -0.1) is 11.3 Å². The van der Waals surface area contributed by atoms with Crippen LogP contribution in [0.25, 0.3) is 0 Å². The summed E-state index contributed by atoms with van der Waals surface area (Å²) in [5.74, 6) is 0.958. The SMILES string of the molecule is CC[C@@H](C)N(Cc1csc(COc2cc(C)cc(C)c2)n1)C(C)=O. The smallest absolute Gasteiger partial charge is 0.220 e. The molecular formula is C19H26N2O2S. The molecule has 2 rings (SSSR count). The number of nitrogens with zero attached hydrogens (tertiary/aromatic N) is 2. The van der Waals surface area contributed by atoms with Crippen molar-refractivity contribution in [3.63, 3.8) is 0 Å². The van der Waals surface area contributed by atoms with E-state index in [4.69, 9.17) is 4.74 Å². The Kier molecular flexibility index (Phi) is 6.37. The molecule has 0 spiro atoms. The van der Waals surface area contributed by atoms with Gasteiger partial charge in [0, 0.05) is 18.3 Å². The van der Waals surface area contributed by atoms with Crippen molar-refractivity contribution < 1.29 is 9.53 Å². The van der Waals surface area contributed by atoms with Crippen LogP contribution in [-0.2, 0) is 17.9 Å². The topological polar surface area (TPSA) is 42.4 Å². The summed E-state index contributed by atoms with van der Waals surface area (Å²) in [5, 5.41) is 2.94. The maximum Gasteiger partial charge on any atom is 0.220 e. The van der Waals surface area contributed by atoms with E-state index >= 15 is 0 Å². The standard InChI is InChI=1S/C19H26N2O2S/c1-6-15(4)21(16(5)22)10-17-12-24-19(20-17)11-23-18-8-13(2)7-14(3)9-18/h7-9,12,15H,6,10-11H2,1-5H3/t15-/m1/s1. The number of aromatic nitrogens is 1. The highest BCUT2D eigenvalue weighted by Crippen LogP contribution is 2.20. The Balaban J connectivity index is 1.98. The highest BCUT2D eigenvalue weighted by atomic mass is 32.1. The number of aryl methyl sites for hydroxylation is 2. The van der Waals surface area contributed by atoms with Crippen molar-refractivity contribution in [2.75, 3.05) is 0 Å². The summed E-state index contributed by atoms with van der Waals surface area (Å²) in [4.78, 5) is 18.3. The molecule has 1 heterocycles. The molecule has 1 aromatic heterocycles. The average Bonchev–Trinajstić information content (AvgIpc) is 2.96. The lowest BCUT2D eigenvalue weighted by Crippen LogP contribution is -2.36. The molecule has 0 radical (unpaired) electrons. The number of amides is 1. The van der Waals surface area contributed by atoms with Crippen molar-refractivity contribution in [3.05, 3.63) is 45.4 Å². The number of carbonyl (C=O) groups is 1. The second-order valence-corrected chi connectivity index (χ2v) is 7.19. The van der Waals surface area contributed by atoms with Crippen LogP contribution in [0.3, 0.4) is 0 Å². The predicted octanol–water partition coefficient (Wildman–Crippen LogP) is 4.49. The molecule has 1 aromatic carbocycles. The average molecular weight is 346 g/mol. The zero-order valence-corrected chi connectivity index (χ0v) is 15.9. The molecule has 0 aliphatic carbocycles. The van der Waals surface area contributed by atoms with Crippen molar-refractivity contribution in [2.45, 2.75) is 60.2 Å². The third-order valence-corrected chi connectivity index (χ3v) is 4.89. The molecule has 0 N–H and O–H groups in total. The van der Waals surface area contributed by atoms with Crippen LogP contribution < -0.4 is 4.74 Å². The first kappa shape index (κ1) is 18.5. The maximum atomic E-state index is 11.8. The van der Waals surface area contributed by atoms with Gasteiger partial charge in [-0.1, -0.05) is 13.0 Å². The third kappa shape index (κ3) is 5.06. The van der Waals surface area contributed by atoms with Gasteiger partial charge in [-0.05, 0) is 50.5 Å². The van der Waals surface area contributed by atoms with E-state index in [1.807, 2.05) is 22.4 Å². The molecule has 0 bridgehead atoms. The van der Waals surface area contributed by atoms with E-state index in [2.05, 4.69) is 38.7 Å². The van der Waals surface area contributed by atoms with Gasteiger partial charge in [0.25, 0.3) is 0 Å². The number of hydrogen-bond donors (Lipinski definition) is 0. The van der Waals surface area contributed by atoms with Crippen molar-refractivity contribution in [1.82, 2.24) is 9.88 Å². The molecule has 1 amide bonds. The number of ether oxygens (including phenoxy) is 1. The van der Waals surface area contributed by atoms with E-state index in [-0.39, 0.29) is 11.9 Å². The minimum absolute atomic E-state index is 0.0883. The van der Waals surface area contributed by atoms with Crippen molar-refractivity contribution in [1.29, 1.82) is 0 Å². The first-order valence-electron chi connectivity index (χ1n) is 8.30. The van der Waals surface area contributed by atoms with Gasteiger partial charge >= 0.3 is 0 Å². The Bertz CT molecular complexity index is 676. The molecule has 1 atom stereocenters. The molecule has 0 fully saturated rings. The van der Waals surface area contributed by atoms with Crippen LogP contribution in [0.4, 0.5) is 0 Å². The van der Waals surface area contributed by atoms with Crippen LogP contribution in [0, 0.1) is 13.8 Å². The number of thiazole rings is 1. The zero-order valence-electron chi connectivity index (χ0n) is 15.1. The van der Waals surface area contributed by atoms with Gasteiger partial charge in [-0.3, -0.25) is 4.79 Å². The summed E-state index contributed by atoms with van der Waals surface area (Å²) in [6.45, 7) is 10.9. The van der Waals surface area contributed by atoms with Gasteiger partial charge in [0.1, 0.15) is 17.4 Å². The lowest BCUT2D eigenvalue weighted by molar-refractivity contribution is -0.131. The summed E-state index contributed by atoms with van der Waals surface area (Å²) in [6.07, 6.45) is 0.937. The van der Waals surface area contributed by atoms with Gasteiger partial charge in [-0.2, -0.15) is 0 Å². The molecule has 2 aromatic rings. The van der Waals surface area contributed by atoms with Crippen molar-refractivity contribution >= 4 is 17.2 Å². The fourth-order valence-electron chi connectivity index (χ4n) is 2.62. The number of carbonyl (C=O) groups excluding carboxylic acids is 1. The summed E-state index contributed by atoms with van der Waals surface area (Å²) in [6, 6.07) is 6.41. The van der Waals surface area contributed by atoms with Crippen LogP contribution in [0.1, 0.15) is 49.0 Å². The largest absolute Gasteiger partial charge is 0.486 e. The Morgan fingerprint density at radius 2 is 1.96 bits per heavy atom. The molecule has 130 valence electrons. The highest BCUT2D eigenvalue weighted by Gasteiger charge is 2.17. The molecule has 0 saturated carbocycles. The van der Waals surface area contributed by atoms with Crippen LogP contribution in [0.5, 0.6) is 5.75 Å². The Morgan fingerprint density at radius 1 is 1.29 bits per heavy atom. The molecule has 0 saturated heterocycles. The first-order chi connectivity index (χ1) is 11.4. The lowest BCUT2D eigenvalue weighted by Gasteiger charge is -2.26. The Hall–Kier alpha value is -1.88. The predicted molar refractivity (Wildman–Crippen MR) is 98.3 cm³/mol. The van der Waals surface area contributed by atoms with E-state index in [0.717, 1.165) is 22.9 Å². The molecule has 0 unspecified atom stereocenters. The second kappa shape index (κ2) is 8.29. The lowest BCUT2D eigenvalue weighted by atomic mass is 10.1.